The maximum absolute atomic E-state index is 13.6. The van der Waals surface area contributed by atoms with Crippen molar-refractivity contribution in [2.24, 2.45) is 0 Å². The van der Waals surface area contributed by atoms with E-state index < -0.39 is 23.6 Å². The van der Waals surface area contributed by atoms with Crippen molar-refractivity contribution in [3.8, 4) is 0 Å². The summed E-state index contributed by atoms with van der Waals surface area (Å²) < 4.78 is 27.7. The van der Waals surface area contributed by atoms with Crippen LogP contribution in [0.4, 0.5) is 8.78 Å². The number of pyridine rings is 1. The number of nitrogens with one attached hydrogen (secondary N) is 1. The van der Waals surface area contributed by atoms with Gasteiger partial charge in [0.2, 0.25) is 0 Å². The summed E-state index contributed by atoms with van der Waals surface area (Å²) in [6.45, 7) is 1.52. The second-order valence-corrected chi connectivity index (χ2v) is 5.01. The number of hydrogen-bond acceptors (Lipinski definition) is 2. The lowest BCUT2D eigenvalue weighted by Crippen LogP contribution is -2.28. The van der Waals surface area contributed by atoms with Crippen LogP contribution in [0.2, 0.25) is 0 Å². The molecule has 0 fully saturated rings. The minimum absolute atomic E-state index is 0.158. The lowest BCUT2D eigenvalue weighted by Gasteiger charge is -2.15. The summed E-state index contributed by atoms with van der Waals surface area (Å²) in [5, 5.41) is 2.55. The smallest absolute Gasteiger partial charge is 0.251 e. The molecule has 1 heterocycles. The lowest BCUT2D eigenvalue weighted by atomic mass is 10.1. The predicted octanol–water partition coefficient (Wildman–Crippen LogP) is 3.61. The van der Waals surface area contributed by atoms with Crippen molar-refractivity contribution in [3.63, 3.8) is 0 Å². The normalized spacial score (nSPS) is 12.0. The molecule has 0 saturated carbocycles. The van der Waals surface area contributed by atoms with Crippen LogP contribution < -0.4 is 5.32 Å². The number of rotatable bonds is 3. The summed E-state index contributed by atoms with van der Waals surface area (Å²) >= 11 is 3.15. The van der Waals surface area contributed by atoms with E-state index in [9.17, 15) is 13.6 Å². The molecule has 0 spiro atoms. The molecule has 0 aliphatic rings. The average molecular weight is 341 g/mol. The van der Waals surface area contributed by atoms with E-state index >= 15 is 0 Å². The van der Waals surface area contributed by atoms with E-state index in [2.05, 4.69) is 26.2 Å². The van der Waals surface area contributed by atoms with Crippen molar-refractivity contribution in [1.82, 2.24) is 10.3 Å². The summed E-state index contributed by atoms with van der Waals surface area (Å²) in [6, 6.07) is 5.86. The second kappa shape index (κ2) is 6.09. The van der Waals surface area contributed by atoms with Gasteiger partial charge in [-0.2, -0.15) is 0 Å². The van der Waals surface area contributed by atoms with Crippen LogP contribution in [0.15, 0.2) is 41.1 Å². The topological polar surface area (TPSA) is 42.0 Å². The SMILES string of the molecule is CC(NC(=O)c1ccnc(Br)c1)c1c(F)cccc1F. The van der Waals surface area contributed by atoms with Crippen LogP contribution in [0.1, 0.15) is 28.9 Å². The summed E-state index contributed by atoms with van der Waals surface area (Å²) in [6.07, 6.45) is 1.47. The Morgan fingerprint density at radius 2 is 1.95 bits per heavy atom. The number of benzene rings is 1. The molecule has 0 bridgehead atoms. The van der Waals surface area contributed by atoms with Gasteiger partial charge in [0.05, 0.1) is 6.04 Å². The van der Waals surface area contributed by atoms with Crippen LogP contribution in [0.5, 0.6) is 0 Å². The number of carbonyl (C=O) groups excluding carboxylic acids is 1. The highest BCUT2D eigenvalue weighted by molar-refractivity contribution is 9.10. The highest BCUT2D eigenvalue weighted by atomic mass is 79.9. The third kappa shape index (κ3) is 3.19. The summed E-state index contributed by atoms with van der Waals surface area (Å²) in [4.78, 5) is 15.9. The molecule has 0 saturated heterocycles. The number of hydrogen-bond donors (Lipinski definition) is 1. The van der Waals surface area contributed by atoms with Gasteiger partial charge in [0.15, 0.2) is 0 Å². The largest absolute Gasteiger partial charge is 0.345 e. The van der Waals surface area contributed by atoms with Gasteiger partial charge in [-0.15, -0.1) is 0 Å². The third-order valence-electron chi connectivity index (χ3n) is 2.77. The van der Waals surface area contributed by atoms with Crippen molar-refractivity contribution in [1.29, 1.82) is 0 Å². The standard InChI is InChI=1S/C14H11BrF2N2O/c1-8(13-10(16)3-2-4-11(13)17)19-14(20)9-5-6-18-12(15)7-9/h2-8H,1H3,(H,19,20). The van der Waals surface area contributed by atoms with E-state index in [1.165, 1.54) is 31.3 Å². The highest BCUT2D eigenvalue weighted by Gasteiger charge is 2.18. The van der Waals surface area contributed by atoms with Crippen LogP contribution in [-0.4, -0.2) is 10.9 Å². The van der Waals surface area contributed by atoms with Gasteiger partial charge in [0.1, 0.15) is 16.2 Å². The summed E-state index contributed by atoms with van der Waals surface area (Å²) in [5.74, 6) is -1.80. The Balaban J connectivity index is 2.20. The monoisotopic (exact) mass is 340 g/mol. The van der Waals surface area contributed by atoms with E-state index in [0.717, 1.165) is 12.1 Å². The van der Waals surface area contributed by atoms with Gasteiger partial charge in [-0.1, -0.05) is 6.07 Å². The second-order valence-electron chi connectivity index (χ2n) is 4.20. The molecule has 0 aliphatic carbocycles. The third-order valence-corrected chi connectivity index (χ3v) is 3.20. The molecule has 1 unspecified atom stereocenters. The number of carbonyl (C=O) groups is 1. The van der Waals surface area contributed by atoms with E-state index in [1.54, 1.807) is 0 Å². The van der Waals surface area contributed by atoms with E-state index in [-0.39, 0.29) is 5.56 Å². The predicted molar refractivity (Wildman–Crippen MR) is 74.2 cm³/mol. The molecule has 6 heteroatoms. The van der Waals surface area contributed by atoms with Gasteiger partial charge in [0, 0.05) is 17.3 Å². The fraction of sp³-hybridized carbons (Fsp3) is 0.143. The van der Waals surface area contributed by atoms with Crippen molar-refractivity contribution >= 4 is 21.8 Å². The Morgan fingerprint density at radius 3 is 2.55 bits per heavy atom. The molecule has 1 aromatic heterocycles. The van der Waals surface area contributed by atoms with Gasteiger partial charge < -0.3 is 5.32 Å². The van der Waals surface area contributed by atoms with Gasteiger partial charge in [-0.25, -0.2) is 13.8 Å². The van der Waals surface area contributed by atoms with E-state index in [4.69, 9.17) is 0 Å². The molecule has 2 rings (SSSR count). The number of aromatic nitrogens is 1. The van der Waals surface area contributed by atoms with E-state index in [0.29, 0.717) is 10.2 Å². The molecule has 1 atom stereocenters. The lowest BCUT2D eigenvalue weighted by molar-refractivity contribution is 0.0938. The fourth-order valence-electron chi connectivity index (χ4n) is 1.82. The Kier molecular flexibility index (Phi) is 4.44. The minimum atomic E-state index is -0.782. The highest BCUT2D eigenvalue weighted by Crippen LogP contribution is 2.20. The van der Waals surface area contributed by atoms with Gasteiger partial charge >= 0.3 is 0 Å². The van der Waals surface area contributed by atoms with Crippen molar-refractivity contribution in [2.75, 3.05) is 0 Å². The first-order valence-electron chi connectivity index (χ1n) is 5.85. The fourth-order valence-corrected chi connectivity index (χ4v) is 2.19. The Morgan fingerprint density at radius 1 is 1.30 bits per heavy atom. The zero-order valence-corrected chi connectivity index (χ0v) is 12.1. The summed E-state index contributed by atoms with van der Waals surface area (Å²) in [7, 11) is 0. The Bertz CT molecular complexity index is 629. The molecule has 20 heavy (non-hydrogen) atoms. The maximum atomic E-state index is 13.6. The number of nitrogens with zero attached hydrogens (tertiary/aromatic N) is 1. The van der Waals surface area contributed by atoms with Crippen LogP contribution in [0.25, 0.3) is 0 Å². The average Bonchev–Trinajstić information content (AvgIpc) is 2.38. The zero-order valence-electron chi connectivity index (χ0n) is 10.5. The first-order chi connectivity index (χ1) is 9.49. The quantitative estimate of drug-likeness (QED) is 0.867. The van der Waals surface area contributed by atoms with Crippen molar-refractivity contribution in [3.05, 3.63) is 63.9 Å². The molecular formula is C14H11BrF2N2O. The van der Waals surface area contributed by atoms with Crippen LogP contribution in [-0.2, 0) is 0 Å². The van der Waals surface area contributed by atoms with Gasteiger partial charge in [-0.05, 0) is 47.1 Å². The molecule has 1 amide bonds. The van der Waals surface area contributed by atoms with E-state index in [1.807, 2.05) is 0 Å². The zero-order chi connectivity index (χ0) is 14.7. The molecule has 104 valence electrons. The molecular weight excluding hydrogens is 330 g/mol. The Hall–Kier alpha value is -1.82. The van der Waals surface area contributed by atoms with Crippen LogP contribution in [0.3, 0.4) is 0 Å². The molecule has 3 nitrogen and oxygen atoms in total. The van der Waals surface area contributed by atoms with Gasteiger partial charge in [-0.3, -0.25) is 4.79 Å². The maximum Gasteiger partial charge on any atom is 0.251 e. The van der Waals surface area contributed by atoms with Crippen molar-refractivity contribution in [2.45, 2.75) is 13.0 Å². The first-order valence-corrected chi connectivity index (χ1v) is 6.64. The number of amides is 1. The molecule has 1 aromatic carbocycles. The molecule has 2 aromatic rings. The molecule has 0 radical (unpaired) electrons. The Labute approximate surface area is 123 Å². The van der Waals surface area contributed by atoms with Gasteiger partial charge in [0.25, 0.3) is 5.91 Å². The minimum Gasteiger partial charge on any atom is -0.345 e. The van der Waals surface area contributed by atoms with Crippen LogP contribution in [0, 0.1) is 11.6 Å². The first kappa shape index (κ1) is 14.6. The van der Waals surface area contributed by atoms with Crippen LogP contribution >= 0.6 is 15.9 Å². The summed E-state index contributed by atoms with van der Waals surface area (Å²) in [5.41, 5.74) is 0.199. The number of halogens is 3. The molecule has 1 N–H and O–H groups in total. The molecule has 0 aliphatic heterocycles. The van der Waals surface area contributed by atoms with Crippen molar-refractivity contribution < 1.29 is 13.6 Å².